The van der Waals surface area contributed by atoms with Crippen molar-refractivity contribution in [3.05, 3.63) is 69.5 Å². The van der Waals surface area contributed by atoms with Crippen LogP contribution >= 0.6 is 0 Å². The molecule has 1 fully saturated rings. The van der Waals surface area contributed by atoms with Crippen molar-refractivity contribution in [2.45, 2.75) is 32.4 Å². The van der Waals surface area contributed by atoms with Gasteiger partial charge in [-0.25, -0.2) is 4.79 Å². The molecular weight excluding hydrogens is 409 g/mol. The van der Waals surface area contributed by atoms with E-state index in [9.17, 15) is 28.9 Å². The predicted molar refractivity (Wildman–Crippen MR) is 108 cm³/mol. The average Bonchev–Trinajstić information content (AvgIpc) is 3.14. The normalized spacial score (nSPS) is 14.3. The first-order valence-electron chi connectivity index (χ1n) is 9.57. The van der Waals surface area contributed by atoms with Gasteiger partial charge in [0.15, 0.2) is 6.10 Å². The molecule has 162 valence electrons. The van der Waals surface area contributed by atoms with Gasteiger partial charge in [-0.15, -0.1) is 0 Å². The molecule has 1 aliphatic rings. The molecule has 0 bridgehead atoms. The zero-order valence-corrected chi connectivity index (χ0v) is 16.7. The molecule has 0 unspecified atom stereocenters. The van der Waals surface area contributed by atoms with Crippen LogP contribution < -0.4 is 5.32 Å². The van der Waals surface area contributed by atoms with Crippen LogP contribution in [0.2, 0.25) is 0 Å². The van der Waals surface area contributed by atoms with E-state index >= 15 is 0 Å². The van der Waals surface area contributed by atoms with E-state index < -0.39 is 34.4 Å². The number of ether oxygens (including phenoxy) is 1. The number of halogens is 1. The Morgan fingerprint density at radius 1 is 1.26 bits per heavy atom. The topological polar surface area (TPSA) is 119 Å². The number of rotatable bonds is 7. The van der Waals surface area contributed by atoms with Gasteiger partial charge in [0.05, 0.1) is 10.5 Å². The Hall–Kier alpha value is -3.82. The molecule has 0 aromatic heterocycles. The van der Waals surface area contributed by atoms with Crippen LogP contribution in [0.4, 0.5) is 15.8 Å². The molecule has 1 N–H and O–H groups in total. The van der Waals surface area contributed by atoms with Crippen LogP contribution in [0.5, 0.6) is 0 Å². The highest BCUT2D eigenvalue weighted by molar-refractivity contribution is 5.97. The fraction of sp³-hybridized carbons (Fsp3) is 0.286. The van der Waals surface area contributed by atoms with Crippen LogP contribution in [0, 0.1) is 15.9 Å². The van der Waals surface area contributed by atoms with E-state index in [0.29, 0.717) is 19.5 Å². The molecule has 2 aromatic carbocycles. The predicted octanol–water partition coefficient (Wildman–Crippen LogP) is 3.04. The number of nitrogens with one attached hydrogen (secondary N) is 1. The minimum absolute atomic E-state index is 0.00168. The Morgan fingerprint density at radius 2 is 1.97 bits per heavy atom. The molecule has 2 amide bonds. The maximum absolute atomic E-state index is 13.4. The summed E-state index contributed by atoms with van der Waals surface area (Å²) in [6.45, 7) is 2.53. The fourth-order valence-electron chi connectivity index (χ4n) is 3.09. The van der Waals surface area contributed by atoms with E-state index in [1.54, 1.807) is 29.2 Å². The number of nitro groups is 1. The summed E-state index contributed by atoms with van der Waals surface area (Å²) >= 11 is 0. The second-order valence-electron chi connectivity index (χ2n) is 7.08. The zero-order chi connectivity index (χ0) is 22.5. The van der Waals surface area contributed by atoms with Gasteiger partial charge in [-0.3, -0.25) is 19.7 Å². The van der Waals surface area contributed by atoms with Gasteiger partial charge in [0.2, 0.25) is 11.7 Å². The van der Waals surface area contributed by atoms with Crippen molar-refractivity contribution >= 4 is 29.2 Å². The maximum Gasteiger partial charge on any atom is 0.338 e. The number of nitro benzene ring substituents is 1. The molecule has 1 atom stereocenters. The minimum Gasteiger partial charge on any atom is -0.449 e. The third-order valence-electron chi connectivity index (χ3n) is 4.80. The van der Waals surface area contributed by atoms with Gasteiger partial charge in [-0.1, -0.05) is 12.1 Å². The molecular formula is C21H20FN3O6. The molecule has 0 radical (unpaired) electrons. The highest BCUT2D eigenvalue weighted by Gasteiger charge is 2.22. The van der Waals surface area contributed by atoms with Gasteiger partial charge < -0.3 is 15.0 Å². The number of likely N-dealkylation sites (tertiary alicyclic amines) is 1. The number of hydrogen-bond donors (Lipinski definition) is 1. The summed E-state index contributed by atoms with van der Waals surface area (Å²) in [7, 11) is 0. The molecule has 1 saturated heterocycles. The fourth-order valence-corrected chi connectivity index (χ4v) is 3.09. The van der Waals surface area contributed by atoms with Crippen molar-refractivity contribution in [3.63, 3.8) is 0 Å². The molecule has 1 heterocycles. The number of hydrogen-bond acceptors (Lipinski definition) is 6. The highest BCUT2D eigenvalue weighted by atomic mass is 19.1. The molecule has 0 aliphatic carbocycles. The van der Waals surface area contributed by atoms with Gasteiger partial charge in [-0.2, -0.15) is 4.39 Å². The number of esters is 1. The van der Waals surface area contributed by atoms with Crippen LogP contribution in [0.25, 0.3) is 0 Å². The van der Waals surface area contributed by atoms with E-state index in [2.05, 4.69) is 5.32 Å². The molecule has 2 aromatic rings. The van der Waals surface area contributed by atoms with Crippen molar-refractivity contribution in [2.75, 3.05) is 11.9 Å². The van der Waals surface area contributed by atoms with E-state index in [1.165, 1.54) is 13.0 Å². The molecule has 1 aliphatic heterocycles. The lowest BCUT2D eigenvalue weighted by Crippen LogP contribution is -2.30. The van der Waals surface area contributed by atoms with Crippen molar-refractivity contribution in [2.24, 2.45) is 0 Å². The zero-order valence-electron chi connectivity index (χ0n) is 16.7. The Morgan fingerprint density at radius 3 is 2.58 bits per heavy atom. The van der Waals surface area contributed by atoms with Crippen LogP contribution in [0.1, 0.15) is 35.7 Å². The van der Waals surface area contributed by atoms with Crippen molar-refractivity contribution < 1.29 is 28.4 Å². The summed E-state index contributed by atoms with van der Waals surface area (Å²) in [5.41, 5.74) is 0.323. The highest BCUT2D eigenvalue weighted by Crippen LogP contribution is 2.22. The van der Waals surface area contributed by atoms with Gasteiger partial charge in [0.25, 0.3) is 5.91 Å². The van der Waals surface area contributed by atoms with E-state index in [1.807, 2.05) is 0 Å². The number of amides is 2. The smallest absolute Gasteiger partial charge is 0.338 e. The van der Waals surface area contributed by atoms with Gasteiger partial charge in [-0.05, 0) is 43.2 Å². The van der Waals surface area contributed by atoms with Crippen molar-refractivity contribution in [1.82, 2.24) is 4.90 Å². The lowest BCUT2D eigenvalue weighted by Gasteiger charge is -2.16. The van der Waals surface area contributed by atoms with Gasteiger partial charge in [0, 0.05) is 31.3 Å². The summed E-state index contributed by atoms with van der Waals surface area (Å²) in [6.07, 6.45) is 0.197. The molecule has 3 rings (SSSR count). The minimum atomic E-state index is -1.20. The molecule has 0 spiro atoms. The Labute approximate surface area is 176 Å². The Bertz CT molecular complexity index is 1020. The van der Waals surface area contributed by atoms with Crippen molar-refractivity contribution in [3.8, 4) is 0 Å². The molecule has 10 heteroatoms. The van der Waals surface area contributed by atoms with E-state index in [4.69, 9.17) is 4.74 Å². The maximum atomic E-state index is 13.4. The average molecular weight is 429 g/mol. The molecule has 31 heavy (non-hydrogen) atoms. The SMILES string of the molecule is C[C@@H](OC(=O)c1ccc(CN2CCCC2=O)cc1)C(=O)Nc1ccc(F)c([N+](=O)[O-])c1. The number of benzene rings is 2. The Kier molecular flexibility index (Phi) is 6.58. The first kappa shape index (κ1) is 21.9. The molecule has 0 saturated carbocycles. The lowest BCUT2D eigenvalue weighted by atomic mass is 10.1. The van der Waals surface area contributed by atoms with Crippen molar-refractivity contribution in [1.29, 1.82) is 0 Å². The summed E-state index contributed by atoms with van der Waals surface area (Å²) < 4.78 is 18.5. The lowest BCUT2D eigenvalue weighted by molar-refractivity contribution is -0.387. The number of carbonyl (C=O) groups is 3. The largest absolute Gasteiger partial charge is 0.449 e. The summed E-state index contributed by atoms with van der Waals surface area (Å²) in [5.74, 6) is -2.37. The van der Waals surface area contributed by atoms with E-state index in [-0.39, 0.29) is 17.2 Å². The summed E-state index contributed by atoms with van der Waals surface area (Å²) in [4.78, 5) is 47.9. The molecule has 9 nitrogen and oxygen atoms in total. The summed E-state index contributed by atoms with van der Waals surface area (Å²) in [5, 5.41) is 13.1. The van der Waals surface area contributed by atoms with Crippen LogP contribution in [0.3, 0.4) is 0 Å². The summed E-state index contributed by atoms with van der Waals surface area (Å²) in [6, 6.07) is 9.43. The first-order chi connectivity index (χ1) is 14.7. The second kappa shape index (κ2) is 9.33. The number of carbonyl (C=O) groups excluding carboxylic acids is 3. The standard InChI is InChI=1S/C21H20FN3O6/c1-13(20(27)23-16-8-9-17(22)18(11-16)25(29)30)31-21(28)15-6-4-14(5-7-15)12-24-10-2-3-19(24)26/h4-9,11,13H,2-3,10,12H2,1H3,(H,23,27)/t13-/m1/s1. The second-order valence-corrected chi connectivity index (χ2v) is 7.08. The van der Waals surface area contributed by atoms with Gasteiger partial charge in [0.1, 0.15) is 0 Å². The van der Waals surface area contributed by atoms with Gasteiger partial charge >= 0.3 is 11.7 Å². The van der Waals surface area contributed by atoms with E-state index in [0.717, 1.165) is 24.1 Å². The Balaban J connectivity index is 1.57. The first-order valence-corrected chi connectivity index (χ1v) is 9.57. The van der Waals surface area contributed by atoms with Crippen LogP contribution in [-0.4, -0.2) is 40.3 Å². The third-order valence-corrected chi connectivity index (χ3v) is 4.80. The third kappa shape index (κ3) is 5.41. The van der Waals surface area contributed by atoms with Crippen LogP contribution in [-0.2, 0) is 20.9 Å². The van der Waals surface area contributed by atoms with Crippen LogP contribution in [0.15, 0.2) is 42.5 Å². The number of anilines is 1. The quantitative estimate of drug-likeness (QED) is 0.411. The monoisotopic (exact) mass is 429 g/mol. The number of nitrogens with zero attached hydrogens (tertiary/aromatic N) is 2.